The minimum atomic E-state index is -0.505. The highest BCUT2D eigenvalue weighted by Crippen LogP contribution is 2.33. The second-order valence-electron chi connectivity index (χ2n) is 9.05. The summed E-state index contributed by atoms with van der Waals surface area (Å²) in [5.74, 6) is 0.315. The van der Waals surface area contributed by atoms with Gasteiger partial charge in [0, 0.05) is 0 Å². The van der Waals surface area contributed by atoms with Gasteiger partial charge in [0.15, 0.2) is 16.6 Å². The zero-order chi connectivity index (χ0) is 27.9. The van der Waals surface area contributed by atoms with Gasteiger partial charge in [0.2, 0.25) is 0 Å². The van der Waals surface area contributed by atoms with Crippen LogP contribution in [0.2, 0.25) is 0 Å². The molecule has 1 fully saturated rings. The molecule has 0 N–H and O–H groups in total. The predicted molar refractivity (Wildman–Crippen MR) is 156 cm³/mol. The topological polar surface area (TPSA) is 68.3 Å². The molecule has 0 radical (unpaired) electrons. The number of anilines is 1. The number of hydrogen-bond donors (Lipinski definition) is 0. The monoisotopic (exact) mass is 544 g/mol. The van der Waals surface area contributed by atoms with Crippen LogP contribution in [-0.2, 0) is 27.4 Å². The van der Waals surface area contributed by atoms with Crippen LogP contribution in [0.15, 0.2) is 72.4 Å². The van der Waals surface area contributed by atoms with Crippen LogP contribution in [-0.4, -0.2) is 42.2 Å². The Morgan fingerprint density at radius 3 is 2.26 bits per heavy atom. The standard InChI is InChI=1S/C31H32N2O5S/c1-5-22-11-14-25(15-12-22)33-30(35)26(32(31(33)39)19-29(34)36-4)17-24-13-16-27(28(18-24)37-6-2)38-20-23-9-7-21(3)8-10-23/h7-18H,5-6,19-20H2,1-4H3/b26-17-. The molecule has 0 bridgehead atoms. The summed E-state index contributed by atoms with van der Waals surface area (Å²) >= 11 is 5.66. The molecular formula is C31H32N2O5S. The van der Waals surface area contributed by atoms with Crippen LogP contribution in [0.4, 0.5) is 5.69 Å². The van der Waals surface area contributed by atoms with Gasteiger partial charge in [-0.25, -0.2) is 0 Å². The van der Waals surface area contributed by atoms with Gasteiger partial charge in [0.25, 0.3) is 5.91 Å². The first kappa shape index (κ1) is 27.9. The molecule has 3 aromatic carbocycles. The number of amides is 1. The lowest BCUT2D eigenvalue weighted by molar-refractivity contribution is -0.140. The van der Waals surface area contributed by atoms with E-state index in [1.807, 2.05) is 80.6 Å². The SMILES string of the molecule is CCOc1cc(/C=C2/C(=O)N(c3ccc(CC)cc3)C(=S)N2CC(=O)OC)ccc1OCc1ccc(C)cc1. The third-order valence-corrected chi connectivity index (χ3v) is 6.74. The molecule has 3 aromatic rings. The van der Waals surface area contributed by atoms with E-state index in [1.54, 1.807) is 6.08 Å². The Morgan fingerprint density at radius 2 is 1.62 bits per heavy atom. The van der Waals surface area contributed by atoms with E-state index in [9.17, 15) is 9.59 Å². The molecule has 0 atom stereocenters. The van der Waals surface area contributed by atoms with Crippen molar-refractivity contribution in [1.29, 1.82) is 0 Å². The van der Waals surface area contributed by atoms with Crippen molar-refractivity contribution in [2.75, 3.05) is 25.2 Å². The molecule has 1 amide bonds. The van der Waals surface area contributed by atoms with E-state index >= 15 is 0 Å². The van der Waals surface area contributed by atoms with Crippen molar-refractivity contribution in [3.8, 4) is 11.5 Å². The molecule has 1 saturated heterocycles. The fraction of sp³-hybridized carbons (Fsp3) is 0.258. The van der Waals surface area contributed by atoms with E-state index in [0.29, 0.717) is 36.0 Å². The number of methoxy groups -OCH3 is 1. The van der Waals surface area contributed by atoms with E-state index in [2.05, 4.69) is 6.92 Å². The smallest absolute Gasteiger partial charge is 0.325 e. The normalized spacial score (nSPS) is 14.2. The number of carbonyl (C=O) groups is 2. The number of esters is 1. The summed E-state index contributed by atoms with van der Waals surface area (Å²) in [6, 6.07) is 21.2. The van der Waals surface area contributed by atoms with Gasteiger partial charge in [0.05, 0.1) is 19.4 Å². The molecule has 8 heteroatoms. The quantitative estimate of drug-likeness (QED) is 0.185. The number of carbonyl (C=O) groups excluding carboxylic acids is 2. The fourth-order valence-corrected chi connectivity index (χ4v) is 4.49. The Kier molecular flexibility index (Phi) is 8.99. The van der Waals surface area contributed by atoms with Gasteiger partial charge >= 0.3 is 5.97 Å². The van der Waals surface area contributed by atoms with Gasteiger partial charge in [0.1, 0.15) is 18.8 Å². The summed E-state index contributed by atoms with van der Waals surface area (Å²) in [6.45, 7) is 6.65. The molecule has 1 heterocycles. The average molecular weight is 545 g/mol. The predicted octanol–water partition coefficient (Wildman–Crippen LogP) is 5.68. The number of ether oxygens (including phenoxy) is 3. The average Bonchev–Trinajstić information content (AvgIpc) is 3.17. The maximum atomic E-state index is 13.6. The number of nitrogens with zero attached hydrogens (tertiary/aromatic N) is 2. The Morgan fingerprint density at radius 1 is 0.923 bits per heavy atom. The number of benzene rings is 3. The van der Waals surface area contributed by atoms with Crippen molar-refractivity contribution in [3.05, 3.63) is 94.7 Å². The van der Waals surface area contributed by atoms with Crippen LogP contribution in [0.3, 0.4) is 0 Å². The maximum absolute atomic E-state index is 13.6. The molecule has 1 aliphatic rings. The second-order valence-corrected chi connectivity index (χ2v) is 9.41. The largest absolute Gasteiger partial charge is 0.490 e. The number of rotatable bonds is 10. The van der Waals surface area contributed by atoms with Gasteiger partial charge in [-0.15, -0.1) is 0 Å². The van der Waals surface area contributed by atoms with Crippen molar-refractivity contribution >= 4 is 41.0 Å². The highest BCUT2D eigenvalue weighted by Gasteiger charge is 2.40. The van der Waals surface area contributed by atoms with E-state index < -0.39 is 5.97 Å². The van der Waals surface area contributed by atoms with Crippen LogP contribution in [0.25, 0.3) is 6.08 Å². The van der Waals surface area contributed by atoms with E-state index in [-0.39, 0.29) is 23.3 Å². The third-order valence-electron chi connectivity index (χ3n) is 6.34. The fourth-order valence-electron chi connectivity index (χ4n) is 4.14. The number of hydrogen-bond acceptors (Lipinski definition) is 6. The summed E-state index contributed by atoms with van der Waals surface area (Å²) in [4.78, 5) is 28.8. The van der Waals surface area contributed by atoms with E-state index in [0.717, 1.165) is 17.5 Å². The minimum absolute atomic E-state index is 0.188. The lowest BCUT2D eigenvalue weighted by Crippen LogP contribution is -2.35. The molecule has 7 nitrogen and oxygen atoms in total. The molecule has 202 valence electrons. The van der Waals surface area contributed by atoms with Crippen LogP contribution in [0, 0.1) is 6.92 Å². The Bertz CT molecular complexity index is 1380. The Hall–Kier alpha value is -4.17. The lowest BCUT2D eigenvalue weighted by atomic mass is 10.1. The Balaban J connectivity index is 1.65. The zero-order valence-corrected chi connectivity index (χ0v) is 23.4. The number of aryl methyl sites for hydroxylation is 2. The van der Waals surface area contributed by atoms with Crippen LogP contribution in [0.5, 0.6) is 11.5 Å². The lowest BCUT2D eigenvalue weighted by Gasteiger charge is -2.19. The van der Waals surface area contributed by atoms with Gasteiger partial charge in [-0.3, -0.25) is 14.5 Å². The van der Waals surface area contributed by atoms with Crippen LogP contribution in [0.1, 0.15) is 36.1 Å². The van der Waals surface area contributed by atoms with Gasteiger partial charge in [-0.2, -0.15) is 0 Å². The van der Waals surface area contributed by atoms with Crippen molar-refractivity contribution in [1.82, 2.24) is 4.90 Å². The van der Waals surface area contributed by atoms with E-state index in [1.165, 1.54) is 22.5 Å². The molecule has 39 heavy (non-hydrogen) atoms. The van der Waals surface area contributed by atoms with Crippen molar-refractivity contribution in [3.63, 3.8) is 0 Å². The summed E-state index contributed by atoms with van der Waals surface area (Å²) in [5.41, 5.74) is 4.97. The van der Waals surface area contributed by atoms with Crippen molar-refractivity contribution in [2.45, 2.75) is 33.8 Å². The third kappa shape index (κ3) is 6.46. The minimum Gasteiger partial charge on any atom is -0.490 e. The van der Waals surface area contributed by atoms with E-state index in [4.69, 9.17) is 26.4 Å². The summed E-state index contributed by atoms with van der Waals surface area (Å²) in [7, 11) is 1.30. The van der Waals surface area contributed by atoms with Crippen LogP contribution >= 0.6 is 12.2 Å². The van der Waals surface area contributed by atoms with Crippen LogP contribution < -0.4 is 14.4 Å². The van der Waals surface area contributed by atoms with Gasteiger partial charge in [-0.05, 0) is 79.5 Å². The van der Waals surface area contributed by atoms with Crippen molar-refractivity contribution < 1.29 is 23.8 Å². The molecule has 4 rings (SSSR count). The number of thiocarbonyl (C=S) groups is 1. The molecular weight excluding hydrogens is 512 g/mol. The molecule has 0 unspecified atom stereocenters. The van der Waals surface area contributed by atoms with Crippen molar-refractivity contribution in [2.24, 2.45) is 0 Å². The Labute approximate surface area is 234 Å². The summed E-state index contributed by atoms with van der Waals surface area (Å²) in [5, 5.41) is 0.212. The molecule has 1 aliphatic heterocycles. The zero-order valence-electron chi connectivity index (χ0n) is 22.6. The first-order valence-corrected chi connectivity index (χ1v) is 13.2. The summed E-state index contributed by atoms with van der Waals surface area (Å²) in [6.07, 6.45) is 2.58. The highest BCUT2D eigenvalue weighted by molar-refractivity contribution is 7.80. The summed E-state index contributed by atoms with van der Waals surface area (Å²) < 4.78 is 16.8. The molecule has 0 saturated carbocycles. The molecule has 0 aliphatic carbocycles. The van der Waals surface area contributed by atoms with Gasteiger partial charge in [-0.1, -0.05) is 55.0 Å². The first-order valence-electron chi connectivity index (χ1n) is 12.8. The second kappa shape index (κ2) is 12.6. The maximum Gasteiger partial charge on any atom is 0.325 e. The van der Waals surface area contributed by atoms with Gasteiger partial charge < -0.3 is 19.1 Å². The molecule has 0 aromatic heterocycles. The highest BCUT2D eigenvalue weighted by atomic mass is 32.1. The first-order chi connectivity index (χ1) is 18.8. The molecule has 0 spiro atoms.